The fourth-order valence-corrected chi connectivity index (χ4v) is 4.75. The average Bonchev–Trinajstić information content (AvgIpc) is 3.01. The zero-order valence-electron chi connectivity index (χ0n) is 15.3. The van der Waals surface area contributed by atoms with Gasteiger partial charge in [-0.2, -0.15) is 0 Å². The summed E-state index contributed by atoms with van der Waals surface area (Å²) in [5.41, 5.74) is 9.06. The molecule has 0 aliphatic heterocycles. The van der Waals surface area contributed by atoms with E-state index in [-0.39, 0.29) is 12.1 Å². The molecule has 0 spiro atoms. The summed E-state index contributed by atoms with van der Waals surface area (Å²) in [5, 5.41) is 9.50. The summed E-state index contributed by atoms with van der Waals surface area (Å²) >= 11 is 0. The maximum atomic E-state index is 9.50. The molecule has 3 aliphatic rings. The van der Waals surface area contributed by atoms with Crippen LogP contribution in [0, 0.1) is 11.8 Å². The van der Waals surface area contributed by atoms with Gasteiger partial charge in [0.05, 0.1) is 12.7 Å². The van der Waals surface area contributed by atoms with E-state index in [1.165, 1.54) is 37.7 Å². The Bertz CT molecular complexity index is 484. The molecule has 3 nitrogen and oxygen atoms in total. The topological polar surface area (TPSA) is 55.5 Å². The van der Waals surface area contributed by atoms with Gasteiger partial charge in [0.1, 0.15) is 0 Å². The number of ether oxygens (including phenoxy) is 1. The highest BCUT2D eigenvalue weighted by Crippen LogP contribution is 2.43. The van der Waals surface area contributed by atoms with Gasteiger partial charge in [-0.15, -0.1) is 0 Å². The molecule has 0 bridgehead atoms. The predicted octanol–water partition coefficient (Wildman–Crippen LogP) is 4.11. The van der Waals surface area contributed by atoms with Crippen LogP contribution in [0.3, 0.4) is 0 Å². The highest BCUT2D eigenvalue weighted by molar-refractivity contribution is 5.37. The number of fused-ring (bicyclic) bond motifs is 1. The minimum atomic E-state index is -0.322. The van der Waals surface area contributed by atoms with Crippen LogP contribution in [0.1, 0.15) is 71.1 Å². The van der Waals surface area contributed by atoms with Crippen molar-refractivity contribution in [3.05, 3.63) is 23.3 Å². The maximum Gasteiger partial charge on any atom is 0.0618 e. The molecule has 2 fully saturated rings. The fourth-order valence-electron chi connectivity index (χ4n) is 4.75. The van der Waals surface area contributed by atoms with Gasteiger partial charge in [-0.25, -0.2) is 0 Å². The van der Waals surface area contributed by atoms with Crippen LogP contribution < -0.4 is 5.73 Å². The molecule has 0 heterocycles. The molecule has 4 atom stereocenters. The van der Waals surface area contributed by atoms with Crippen molar-refractivity contribution >= 4 is 0 Å². The molecule has 3 N–H and O–H groups in total. The van der Waals surface area contributed by atoms with Crippen molar-refractivity contribution in [2.75, 3.05) is 13.2 Å². The molecule has 2 saturated carbocycles. The number of rotatable bonds is 7. The lowest BCUT2D eigenvalue weighted by Crippen LogP contribution is -2.41. The van der Waals surface area contributed by atoms with Gasteiger partial charge in [-0.1, -0.05) is 31.9 Å². The molecule has 3 aliphatic carbocycles. The second-order valence-electron chi connectivity index (χ2n) is 8.29. The first-order chi connectivity index (χ1) is 11.6. The van der Waals surface area contributed by atoms with E-state index in [0.717, 1.165) is 38.7 Å². The lowest BCUT2D eigenvalue weighted by atomic mass is 9.76. The normalized spacial score (nSPS) is 36.2. The van der Waals surface area contributed by atoms with E-state index >= 15 is 0 Å². The van der Waals surface area contributed by atoms with Crippen molar-refractivity contribution in [1.82, 2.24) is 0 Å². The van der Waals surface area contributed by atoms with Crippen molar-refractivity contribution in [3.8, 4) is 0 Å². The van der Waals surface area contributed by atoms with Crippen LogP contribution in [0.4, 0.5) is 0 Å². The number of unbranched alkanes of at least 4 members (excludes halogenated alkanes) is 2. The molecular formula is C21H35NO2. The average molecular weight is 334 g/mol. The molecule has 0 aromatic carbocycles. The Hall–Kier alpha value is -0.640. The van der Waals surface area contributed by atoms with Crippen LogP contribution in [0.5, 0.6) is 0 Å². The zero-order valence-corrected chi connectivity index (χ0v) is 15.3. The second kappa shape index (κ2) is 8.16. The first-order valence-electron chi connectivity index (χ1n) is 10.0. The predicted molar refractivity (Wildman–Crippen MR) is 98.7 cm³/mol. The molecule has 0 radical (unpaired) electrons. The number of nitrogens with two attached hydrogens (primary N) is 1. The quantitative estimate of drug-likeness (QED) is 0.689. The molecule has 136 valence electrons. The standard InChI is InChI=1S/C21H35NO2/c1-2-3-4-11-24-20-8-7-16-12-17(5-6-18(16)13-20)19-9-10-21(22,14-19)15-23/h6,12,17,19-20,23H,2-5,7-11,13-15,22H2,1H3/t17?,19-,20?,21+/m0/s1. The highest BCUT2D eigenvalue weighted by atomic mass is 16.5. The molecule has 3 heteroatoms. The Labute approximate surface area is 147 Å². The maximum absolute atomic E-state index is 9.50. The van der Waals surface area contributed by atoms with Gasteiger partial charge >= 0.3 is 0 Å². The van der Waals surface area contributed by atoms with Crippen LogP contribution in [-0.2, 0) is 4.74 Å². The SMILES string of the molecule is CCCCCOC1CCC2=CC([C@H]3CC[C@](N)(CO)C3)CC=C2C1. The van der Waals surface area contributed by atoms with E-state index in [1.807, 2.05) is 0 Å². The smallest absolute Gasteiger partial charge is 0.0618 e. The highest BCUT2D eigenvalue weighted by Gasteiger charge is 2.39. The number of hydrogen-bond acceptors (Lipinski definition) is 3. The summed E-state index contributed by atoms with van der Waals surface area (Å²) in [5.74, 6) is 1.28. The second-order valence-corrected chi connectivity index (χ2v) is 8.29. The summed E-state index contributed by atoms with van der Waals surface area (Å²) in [4.78, 5) is 0. The first kappa shape index (κ1) is 18.2. The van der Waals surface area contributed by atoms with Crippen molar-refractivity contribution in [2.45, 2.75) is 82.8 Å². The molecule has 24 heavy (non-hydrogen) atoms. The third-order valence-electron chi connectivity index (χ3n) is 6.35. The molecule has 0 aromatic heterocycles. The van der Waals surface area contributed by atoms with Gasteiger partial charge in [0, 0.05) is 12.1 Å². The minimum Gasteiger partial charge on any atom is -0.394 e. The molecule has 0 saturated heterocycles. The Morgan fingerprint density at radius 1 is 1.29 bits per heavy atom. The molecule has 0 aromatic rings. The number of hydrogen-bond donors (Lipinski definition) is 2. The molecule has 3 rings (SSSR count). The third-order valence-corrected chi connectivity index (χ3v) is 6.35. The van der Waals surface area contributed by atoms with Crippen molar-refractivity contribution in [3.63, 3.8) is 0 Å². The number of aliphatic hydroxyl groups is 1. The Morgan fingerprint density at radius 2 is 2.17 bits per heavy atom. The Morgan fingerprint density at radius 3 is 2.92 bits per heavy atom. The van der Waals surface area contributed by atoms with Gasteiger partial charge in [0.2, 0.25) is 0 Å². The first-order valence-corrected chi connectivity index (χ1v) is 10.0. The summed E-state index contributed by atoms with van der Waals surface area (Å²) in [6.07, 6.45) is 16.9. The van der Waals surface area contributed by atoms with E-state index in [0.29, 0.717) is 17.9 Å². The van der Waals surface area contributed by atoms with Crippen molar-refractivity contribution in [1.29, 1.82) is 0 Å². The Kier molecular flexibility index (Phi) is 6.17. The summed E-state index contributed by atoms with van der Waals surface area (Å²) in [7, 11) is 0. The summed E-state index contributed by atoms with van der Waals surface area (Å²) < 4.78 is 6.09. The molecule has 2 unspecified atom stereocenters. The summed E-state index contributed by atoms with van der Waals surface area (Å²) in [6.45, 7) is 3.29. The third kappa shape index (κ3) is 4.30. The van der Waals surface area contributed by atoms with Crippen LogP contribution in [0.2, 0.25) is 0 Å². The van der Waals surface area contributed by atoms with Gasteiger partial charge in [-0.05, 0) is 74.3 Å². The zero-order chi connectivity index (χ0) is 17.0. The van der Waals surface area contributed by atoms with Gasteiger partial charge < -0.3 is 15.6 Å². The van der Waals surface area contributed by atoms with Gasteiger partial charge in [0.25, 0.3) is 0 Å². The minimum absolute atomic E-state index is 0.130. The number of aliphatic hydroxyl groups excluding tert-OH is 1. The van der Waals surface area contributed by atoms with Crippen molar-refractivity contribution in [2.24, 2.45) is 17.6 Å². The van der Waals surface area contributed by atoms with E-state index in [9.17, 15) is 5.11 Å². The van der Waals surface area contributed by atoms with Crippen LogP contribution in [0.15, 0.2) is 23.3 Å². The van der Waals surface area contributed by atoms with Crippen LogP contribution >= 0.6 is 0 Å². The molecule has 0 amide bonds. The van der Waals surface area contributed by atoms with E-state index < -0.39 is 0 Å². The monoisotopic (exact) mass is 333 g/mol. The summed E-state index contributed by atoms with van der Waals surface area (Å²) in [6, 6.07) is 0. The van der Waals surface area contributed by atoms with E-state index in [4.69, 9.17) is 10.5 Å². The largest absolute Gasteiger partial charge is 0.394 e. The van der Waals surface area contributed by atoms with E-state index in [2.05, 4.69) is 19.1 Å². The Balaban J connectivity index is 1.50. The lowest BCUT2D eigenvalue weighted by Gasteiger charge is -2.33. The van der Waals surface area contributed by atoms with E-state index in [1.54, 1.807) is 5.57 Å². The number of allylic oxidation sites excluding steroid dienone is 3. The fraction of sp³-hybridized carbons (Fsp3) is 0.810. The van der Waals surface area contributed by atoms with Gasteiger partial charge in [0.15, 0.2) is 0 Å². The van der Waals surface area contributed by atoms with Crippen molar-refractivity contribution < 1.29 is 9.84 Å². The molecular weight excluding hydrogens is 298 g/mol. The van der Waals surface area contributed by atoms with Crippen LogP contribution in [-0.4, -0.2) is 30.0 Å². The van der Waals surface area contributed by atoms with Crippen LogP contribution in [0.25, 0.3) is 0 Å². The van der Waals surface area contributed by atoms with Gasteiger partial charge in [-0.3, -0.25) is 0 Å². The lowest BCUT2D eigenvalue weighted by molar-refractivity contribution is 0.0413.